The van der Waals surface area contributed by atoms with Crippen LogP contribution in [0.2, 0.25) is 0 Å². The maximum atomic E-state index is 12.5. The van der Waals surface area contributed by atoms with Gasteiger partial charge in [0.05, 0.1) is 24.8 Å². The van der Waals surface area contributed by atoms with Crippen molar-refractivity contribution in [3.63, 3.8) is 0 Å². The molecule has 1 unspecified atom stereocenters. The molecule has 2 heterocycles. The lowest BCUT2D eigenvalue weighted by Crippen LogP contribution is -2.33. The molecule has 0 radical (unpaired) electrons. The topological polar surface area (TPSA) is 176 Å². The number of aliphatic hydroxyl groups is 1. The van der Waals surface area contributed by atoms with Gasteiger partial charge in [0, 0.05) is 30.7 Å². The summed E-state index contributed by atoms with van der Waals surface area (Å²) in [5.41, 5.74) is 5.03. The number of anilines is 1. The smallest absolute Gasteiger partial charge is 0.407 e. The van der Waals surface area contributed by atoms with Crippen molar-refractivity contribution in [3.8, 4) is 11.8 Å². The number of aliphatic hydroxyl groups excluding tert-OH is 1. The predicted octanol–water partition coefficient (Wildman–Crippen LogP) is 2.44. The molecule has 3 atom stereocenters. The third kappa shape index (κ3) is 13.7. The molecule has 1 saturated heterocycles. The molecular weight excluding hydrogens is 615 g/mol. The molecule has 1 aromatic rings. The number of nitrogen functional groups attached to an aromatic ring is 1. The van der Waals surface area contributed by atoms with Gasteiger partial charge in [-0.3, -0.25) is 4.57 Å². The Bertz CT molecular complexity index is 1110. The van der Waals surface area contributed by atoms with Crippen LogP contribution in [0, 0.1) is 11.8 Å². The average molecular weight is 652 g/mol. The number of alkyl carbamates (subject to hydrolysis) is 2. The first-order valence-corrected chi connectivity index (χ1v) is 17.8. The molecule has 0 bridgehead atoms. The monoisotopic (exact) mass is 651 g/mol. The summed E-state index contributed by atoms with van der Waals surface area (Å²) in [6.07, 6.45) is 1.02. The molecule has 5 N–H and O–H groups in total. The highest BCUT2D eigenvalue weighted by atomic mass is 33.1. The van der Waals surface area contributed by atoms with Gasteiger partial charge in [0.2, 0.25) is 0 Å². The van der Waals surface area contributed by atoms with Crippen LogP contribution in [0.25, 0.3) is 0 Å². The average Bonchev–Trinajstić information content (AvgIpc) is 3.31. The van der Waals surface area contributed by atoms with Crippen molar-refractivity contribution in [3.05, 3.63) is 22.2 Å². The molecule has 1 aliphatic rings. The van der Waals surface area contributed by atoms with E-state index in [1.807, 2.05) is 6.26 Å². The summed E-state index contributed by atoms with van der Waals surface area (Å²) in [6.45, 7) is 5.82. The number of ether oxygens (including phenoxy) is 4. The Morgan fingerprint density at radius 3 is 2.71 bits per heavy atom. The molecule has 1 aromatic heterocycles. The molecule has 1 aliphatic heterocycles. The third-order valence-corrected chi connectivity index (χ3v) is 8.82. The highest BCUT2D eigenvalue weighted by Gasteiger charge is 2.37. The number of carbonyl (C=O) groups excluding carboxylic acids is 2. The quantitative estimate of drug-likeness (QED) is 0.0998. The van der Waals surface area contributed by atoms with Gasteiger partial charge in [0.15, 0.2) is 0 Å². The summed E-state index contributed by atoms with van der Waals surface area (Å²) < 4.78 is 23.1. The number of hydrogen-bond acceptors (Lipinski definition) is 14. The normalized spacial score (nSPS) is 18.3. The SMILES string of the molecule is CSSCOC1C[C@H](n2cc(C#CCNC(=O)OCCSSCCNC(=O)OC(C)(C)C)c(N)nc2=O)O[C@@H]1CO. The van der Waals surface area contributed by atoms with Crippen LogP contribution < -0.4 is 22.1 Å². The number of carbonyl (C=O) groups is 2. The second kappa shape index (κ2) is 18.6. The van der Waals surface area contributed by atoms with E-state index >= 15 is 0 Å². The van der Waals surface area contributed by atoms with Crippen LogP contribution in [0.15, 0.2) is 11.0 Å². The van der Waals surface area contributed by atoms with E-state index in [-0.39, 0.29) is 31.7 Å². The fourth-order valence-corrected chi connectivity index (χ4v) is 5.78. The Morgan fingerprint density at radius 2 is 2.00 bits per heavy atom. The largest absolute Gasteiger partial charge is 0.449 e. The Hall–Kier alpha value is -1.94. The number of aromatic nitrogens is 2. The summed E-state index contributed by atoms with van der Waals surface area (Å²) in [6, 6.07) is 0. The standard InChI is InChI=1S/C24H37N5O8S4/c1-24(2,3)37-23(33)27-8-10-39-40-11-9-34-22(32)26-7-5-6-16-13-29(21(31)28-20(16)25)19-12-17(18(14-30)36-19)35-15-41-38-4/h13,17-19,30H,7-12,14-15H2,1-4H3,(H,26,32)(H,27,33)(H2,25,28,31)/t17?,18-,19-/m1/s1. The Morgan fingerprint density at radius 1 is 1.24 bits per heavy atom. The molecule has 0 aliphatic carbocycles. The van der Waals surface area contributed by atoms with Gasteiger partial charge in [-0.15, -0.1) is 0 Å². The van der Waals surface area contributed by atoms with Gasteiger partial charge in [-0.05, 0) is 27.0 Å². The minimum atomic E-state index is -0.692. The second-order valence-electron chi connectivity index (χ2n) is 9.25. The molecule has 13 nitrogen and oxygen atoms in total. The van der Waals surface area contributed by atoms with Crippen molar-refractivity contribution in [2.24, 2.45) is 0 Å². The molecular formula is C24H37N5O8S4. The maximum Gasteiger partial charge on any atom is 0.407 e. The number of hydrogen-bond donors (Lipinski definition) is 4. The predicted molar refractivity (Wildman–Crippen MR) is 165 cm³/mol. The zero-order valence-corrected chi connectivity index (χ0v) is 26.6. The van der Waals surface area contributed by atoms with Gasteiger partial charge in [-0.2, -0.15) is 4.98 Å². The van der Waals surface area contributed by atoms with Crippen LogP contribution in [0.5, 0.6) is 0 Å². The molecule has 17 heteroatoms. The van der Waals surface area contributed by atoms with Crippen molar-refractivity contribution >= 4 is 61.2 Å². The summed E-state index contributed by atoms with van der Waals surface area (Å²) in [5, 5.41) is 14.8. The van der Waals surface area contributed by atoms with E-state index in [1.54, 1.807) is 42.4 Å². The maximum absolute atomic E-state index is 12.5. The van der Waals surface area contributed by atoms with Crippen LogP contribution in [0.4, 0.5) is 15.4 Å². The summed E-state index contributed by atoms with van der Waals surface area (Å²) in [5.74, 6) is 7.19. The molecule has 2 rings (SSSR count). The van der Waals surface area contributed by atoms with E-state index in [1.165, 1.54) is 32.4 Å². The first-order chi connectivity index (χ1) is 19.5. The number of rotatable bonds is 14. The Kier molecular flexibility index (Phi) is 16.0. The molecule has 0 aromatic carbocycles. The van der Waals surface area contributed by atoms with Gasteiger partial charge >= 0.3 is 17.9 Å². The number of nitrogens with zero attached hydrogens (tertiary/aromatic N) is 2. The summed E-state index contributed by atoms with van der Waals surface area (Å²) in [7, 11) is 6.14. The lowest BCUT2D eigenvalue weighted by atomic mass is 10.2. The van der Waals surface area contributed by atoms with Crippen molar-refractivity contribution in [1.82, 2.24) is 20.2 Å². The number of nitrogens with two attached hydrogens (primary N) is 1. The molecule has 0 spiro atoms. The van der Waals surface area contributed by atoms with Crippen molar-refractivity contribution < 1.29 is 33.6 Å². The van der Waals surface area contributed by atoms with Crippen LogP contribution >= 0.6 is 43.2 Å². The number of nitrogens with one attached hydrogen (secondary N) is 2. The van der Waals surface area contributed by atoms with Crippen molar-refractivity contribution in [1.29, 1.82) is 0 Å². The van der Waals surface area contributed by atoms with Crippen molar-refractivity contribution in [2.75, 3.05) is 55.7 Å². The van der Waals surface area contributed by atoms with Crippen LogP contribution in [0.1, 0.15) is 39.0 Å². The first-order valence-electron chi connectivity index (χ1n) is 12.6. The Labute approximate surface area is 255 Å². The first kappa shape index (κ1) is 35.3. The highest BCUT2D eigenvalue weighted by molar-refractivity contribution is 8.76. The molecule has 41 heavy (non-hydrogen) atoms. The summed E-state index contributed by atoms with van der Waals surface area (Å²) in [4.78, 5) is 39.7. The zero-order valence-electron chi connectivity index (χ0n) is 23.4. The van der Waals surface area contributed by atoms with Crippen LogP contribution in [-0.2, 0) is 18.9 Å². The van der Waals surface area contributed by atoms with E-state index in [9.17, 15) is 19.5 Å². The van der Waals surface area contributed by atoms with Gasteiger partial charge < -0.3 is 40.4 Å². The molecule has 230 valence electrons. The second-order valence-corrected chi connectivity index (χ2v) is 14.5. The summed E-state index contributed by atoms with van der Waals surface area (Å²) >= 11 is 0. The van der Waals surface area contributed by atoms with E-state index in [4.69, 9.17) is 24.7 Å². The van der Waals surface area contributed by atoms with Gasteiger partial charge in [-0.1, -0.05) is 55.0 Å². The molecule has 1 fully saturated rings. The van der Waals surface area contributed by atoms with Gasteiger partial charge in [-0.25, -0.2) is 14.4 Å². The van der Waals surface area contributed by atoms with E-state index in [0.717, 1.165) is 0 Å². The Balaban J connectivity index is 1.72. The number of amides is 2. The van der Waals surface area contributed by atoms with Gasteiger partial charge in [0.1, 0.15) is 36.3 Å². The minimum absolute atomic E-state index is 0.00877. The van der Waals surface area contributed by atoms with E-state index in [2.05, 4.69) is 27.5 Å². The van der Waals surface area contributed by atoms with Crippen LogP contribution in [-0.4, -0.2) is 94.7 Å². The zero-order chi connectivity index (χ0) is 30.3. The fraction of sp³-hybridized carbons (Fsp3) is 0.667. The molecule has 0 saturated carbocycles. The van der Waals surface area contributed by atoms with Crippen molar-refractivity contribution in [2.45, 2.75) is 51.2 Å². The van der Waals surface area contributed by atoms with Gasteiger partial charge in [0.25, 0.3) is 0 Å². The molecule has 2 amide bonds. The lowest BCUT2D eigenvalue weighted by molar-refractivity contribution is -0.0553. The lowest BCUT2D eigenvalue weighted by Gasteiger charge is -2.19. The fourth-order valence-electron chi connectivity index (χ4n) is 3.26. The highest BCUT2D eigenvalue weighted by Crippen LogP contribution is 2.31. The van der Waals surface area contributed by atoms with E-state index in [0.29, 0.717) is 36.0 Å². The van der Waals surface area contributed by atoms with Crippen LogP contribution in [0.3, 0.4) is 0 Å². The van der Waals surface area contributed by atoms with E-state index < -0.39 is 35.8 Å². The minimum Gasteiger partial charge on any atom is -0.449 e. The third-order valence-electron chi connectivity index (χ3n) is 4.98.